The molecule has 0 saturated carbocycles. The van der Waals surface area contributed by atoms with E-state index >= 15 is 4.39 Å². The lowest BCUT2D eigenvalue weighted by atomic mass is 9.71. The molecular weight excluding hydrogens is 702 g/mol. The fraction of sp³-hybridized carbons (Fsp3) is 0.686. The van der Waals surface area contributed by atoms with Crippen LogP contribution in [0.25, 0.3) is 0 Å². The van der Waals surface area contributed by atoms with Gasteiger partial charge in [-0.05, 0) is 84.7 Å². The first-order chi connectivity index (χ1) is 23.7. The number of nitrogens with one attached hydrogen (secondary N) is 1. The highest BCUT2D eigenvalue weighted by molar-refractivity contribution is 7.86. The van der Waals surface area contributed by atoms with Gasteiger partial charge in [0.2, 0.25) is 0 Å². The molecule has 0 radical (unpaired) electrons. The number of nitrogens with zero attached hydrogens (tertiary/aromatic N) is 7. The molecule has 5 aliphatic rings. The predicted octanol–water partition coefficient (Wildman–Crippen LogP) is 3.95. The Morgan fingerprint density at radius 3 is 2.18 bits per heavy atom. The van der Waals surface area contributed by atoms with Crippen LogP contribution in [0.1, 0.15) is 63.7 Å². The lowest BCUT2D eigenvalue weighted by molar-refractivity contribution is -0.00121. The Bertz CT molecular complexity index is 1670. The van der Waals surface area contributed by atoms with Crippen LogP contribution < -0.4 is 15.0 Å². The van der Waals surface area contributed by atoms with Crippen molar-refractivity contribution in [3.63, 3.8) is 0 Å². The monoisotopic (exact) mass is 752 g/mol. The van der Waals surface area contributed by atoms with E-state index in [2.05, 4.69) is 25.1 Å². The van der Waals surface area contributed by atoms with Crippen molar-refractivity contribution >= 4 is 34.3 Å². The second-order valence-corrected chi connectivity index (χ2v) is 17.8. The number of rotatable bonds is 10. The van der Waals surface area contributed by atoms with Crippen molar-refractivity contribution in [2.75, 3.05) is 76.9 Å². The molecule has 5 fully saturated rings. The number of aromatic nitrogens is 2. The molecule has 1 aromatic carbocycles. The molecule has 51 heavy (non-hydrogen) atoms. The van der Waals surface area contributed by atoms with Crippen LogP contribution in [0.2, 0.25) is 0 Å². The van der Waals surface area contributed by atoms with Gasteiger partial charge in [-0.3, -0.25) is 4.79 Å². The number of carbonyl (C=O) groups excluding carboxylic acids is 1. The molecule has 0 aliphatic carbocycles. The van der Waals surface area contributed by atoms with Gasteiger partial charge in [-0.1, -0.05) is 0 Å². The molecule has 0 bridgehead atoms. The van der Waals surface area contributed by atoms with Crippen LogP contribution in [0.5, 0.6) is 11.5 Å². The Balaban J connectivity index is 0.00000448. The number of halogens is 3. The zero-order valence-corrected chi connectivity index (χ0v) is 31.6. The number of anilines is 1. The summed E-state index contributed by atoms with van der Waals surface area (Å²) in [5.74, 6) is 0.415. The molecule has 1 N–H and O–H groups in total. The van der Waals surface area contributed by atoms with E-state index in [0.29, 0.717) is 31.2 Å². The molecule has 6 heterocycles. The van der Waals surface area contributed by atoms with Gasteiger partial charge in [0.15, 0.2) is 11.6 Å². The van der Waals surface area contributed by atoms with E-state index in [1.54, 1.807) is 15.4 Å². The van der Waals surface area contributed by atoms with Crippen molar-refractivity contribution < 1.29 is 26.7 Å². The van der Waals surface area contributed by atoms with Gasteiger partial charge < -0.3 is 24.8 Å². The number of carbonyl (C=O) groups is 1. The summed E-state index contributed by atoms with van der Waals surface area (Å²) in [4.78, 5) is 28.3. The number of benzene rings is 1. The average Bonchev–Trinajstić information content (AvgIpc) is 3.00. The van der Waals surface area contributed by atoms with Crippen molar-refractivity contribution in [3.8, 4) is 11.5 Å². The van der Waals surface area contributed by atoms with Gasteiger partial charge in [0.25, 0.3) is 16.1 Å². The Hall–Kier alpha value is -2.69. The zero-order valence-electron chi connectivity index (χ0n) is 30.0. The number of piperidine rings is 2. The minimum absolute atomic E-state index is 0. The lowest BCUT2D eigenvalue weighted by Crippen LogP contribution is -2.73. The summed E-state index contributed by atoms with van der Waals surface area (Å²) in [6.45, 7) is 14.4. The Morgan fingerprint density at radius 2 is 1.59 bits per heavy atom. The van der Waals surface area contributed by atoms with Crippen molar-refractivity contribution in [2.45, 2.75) is 71.1 Å². The van der Waals surface area contributed by atoms with Gasteiger partial charge in [-0.15, -0.1) is 12.4 Å². The standard InChI is InChI=1S/C35H50F2N8O4S.ClH/c1-25(2)45(26(3)4)32(46)28-15-27(36)5-6-29(28)49-30-16-38-24-40-31(30)42-19-33(20-42)7-11-41(12-8-33)23-35(37)9-13-43(14-10-35)50(47,48)44-21-34(22-44)17-39-18-34;/h5-6,15-16,24-26,39H,7-14,17-23H2,1-4H3;1H. The Labute approximate surface area is 306 Å². The highest BCUT2D eigenvalue weighted by atomic mass is 35.5. The van der Waals surface area contributed by atoms with Crippen molar-refractivity contribution in [2.24, 2.45) is 10.8 Å². The summed E-state index contributed by atoms with van der Waals surface area (Å²) >= 11 is 0. The average molecular weight is 753 g/mol. The van der Waals surface area contributed by atoms with E-state index in [9.17, 15) is 17.6 Å². The largest absolute Gasteiger partial charge is 0.451 e. The molecule has 0 unspecified atom stereocenters. The SMILES string of the molecule is CC(C)N(C(=O)c1cc(F)ccc1Oc1cncnc1N1CC2(CCN(CC3(F)CCN(S(=O)(=O)N4CC5(CNC5)C4)CC3)CC2)C1)C(C)C.Cl. The zero-order chi connectivity index (χ0) is 35.5. The molecule has 1 amide bonds. The third-order valence-corrected chi connectivity index (χ3v) is 13.4. The van der Waals surface area contributed by atoms with E-state index in [1.165, 1.54) is 28.8 Å². The Morgan fingerprint density at radius 1 is 0.941 bits per heavy atom. The van der Waals surface area contributed by atoms with Gasteiger partial charge in [0, 0.05) is 81.8 Å². The minimum Gasteiger partial charge on any atom is -0.451 e. The quantitative estimate of drug-likeness (QED) is 0.386. The number of amides is 1. The van der Waals surface area contributed by atoms with E-state index in [0.717, 1.165) is 52.1 Å². The van der Waals surface area contributed by atoms with E-state index in [-0.39, 0.29) is 78.5 Å². The molecule has 1 aromatic heterocycles. The lowest BCUT2D eigenvalue weighted by Gasteiger charge is -2.56. The third kappa shape index (κ3) is 7.43. The Kier molecular flexibility index (Phi) is 10.6. The molecule has 12 nitrogen and oxygen atoms in total. The second kappa shape index (κ2) is 14.3. The maximum absolute atomic E-state index is 16.1. The highest BCUT2D eigenvalue weighted by Crippen LogP contribution is 2.46. The number of likely N-dealkylation sites (tertiary alicyclic amines) is 1. The summed E-state index contributed by atoms with van der Waals surface area (Å²) in [6, 6.07) is 3.79. The molecule has 0 atom stereocenters. The molecule has 2 aromatic rings. The second-order valence-electron chi connectivity index (χ2n) is 15.9. The van der Waals surface area contributed by atoms with Crippen LogP contribution >= 0.6 is 12.4 Å². The molecule has 16 heteroatoms. The summed E-state index contributed by atoms with van der Waals surface area (Å²) in [5, 5.41) is 3.23. The minimum atomic E-state index is -3.53. The van der Waals surface area contributed by atoms with Crippen molar-refractivity contribution in [1.82, 2.24) is 33.7 Å². The maximum atomic E-state index is 16.1. The van der Waals surface area contributed by atoms with Crippen molar-refractivity contribution in [1.29, 1.82) is 0 Å². The molecule has 7 rings (SSSR count). The van der Waals surface area contributed by atoms with Gasteiger partial charge in [-0.2, -0.15) is 17.0 Å². The smallest absolute Gasteiger partial charge is 0.282 e. The number of hydrogen-bond acceptors (Lipinski definition) is 9. The van der Waals surface area contributed by atoms with Crippen LogP contribution in [0, 0.1) is 16.6 Å². The van der Waals surface area contributed by atoms with Crippen molar-refractivity contribution in [3.05, 3.63) is 42.1 Å². The van der Waals surface area contributed by atoms with Crippen LogP contribution in [-0.2, 0) is 10.2 Å². The summed E-state index contributed by atoms with van der Waals surface area (Å²) < 4.78 is 66.0. The normalized spacial score (nSPS) is 23.0. The summed E-state index contributed by atoms with van der Waals surface area (Å²) in [6.07, 6.45) is 5.31. The highest BCUT2D eigenvalue weighted by Gasteiger charge is 2.54. The fourth-order valence-corrected chi connectivity index (χ4v) is 10.4. The number of alkyl halides is 1. The first-order valence-electron chi connectivity index (χ1n) is 17.9. The van der Waals surface area contributed by atoms with Crippen LogP contribution in [0.15, 0.2) is 30.7 Å². The maximum Gasteiger partial charge on any atom is 0.282 e. The van der Waals surface area contributed by atoms with E-state index < -0.39 is 21.7 Å². The summed E-state index contributed by atoms with van der Waals surface area (Å²) in [7, 11) is -3.53. The van der Waals surface area contributed by atoms with Crippen LogP contribution in [-0.4, -0.2) is 132 Å². The van der Waals surface area contributed by atoms with Crippen LogP contribution in [0.4, 0.5) is 14.6 Å². The fourth-order valence-electron chi connectivity index (χ4n) is 8.52. The first-order valence-corrected chi connectivity index (χ1v) is 19.3. The molecule has 5 aliphatic heterocycles. The van der Waals surface area contributed by atoms with E-state index in [1.807, 2.05) is 27.7 Å². The van der Waals surface area contributed by atoms with Gasteiger partial charge in [0.05, 0.1) is 11.8 Å². The summed E-state index contributed by atoms with van der Waals surface area (Å²) in [5.41, 5.74) is -1.07. The number of ether oxygens (including phenoxy) is 1. The van der Waals surface area contributed by atoms with Gasteiger partial charge in [0.1, 0.15) is 23.6 Å². The molecule has 5 saturated heterocycles. The molecule has 282 valence electrons. The first kappa shape index (κ1) is 38.0. The molecular formula is C35H51ClF2N8O4S. The van der Waals surface area contributed by atoms with Crippen LogP contribution in [0.3, 0.4) is 0 Å². The molecule has 2 spiro atoms. The van der Waals surface area contributed by atoms with E-state index in [4.69, 9.17) is 4.74 Å². The van der Waals surface area contributed by atoms with Gasteiger partial charge in [-0.25, -0.2) is 18.7 Å². The topological polar surface area (TPSA) is 114 Å². The predicted molar refractivity (Wildman–Crippen MR) is 193 cm³/mol. The number of hydrogen-bond donors (Lipinski definition) is 1. The van der Waals surface area contributed by atoms with Gasteiger partial charge >= 0.3 is 0 Å². The third-order valence-electron chi connectivity index (χ3n) is 11.5.